The Kier molecular flexibility index (Phi) is 7.14. The summed E-state index contributed by atoms with van der Waals surface area (Å²) in [5.41, 5.74) is 15.4. The average molecular weight is 512 g/mol. The number of anilines is 2. The first kappa shape index (κ1) is 25.3. The number of nitrogen functional groups attached to an aromatic ring is 2. The van der Waals surface area contributed by atoms with Crippen LogP contribution in [0.25, 0.3) is 33.4 Å². The van der Waals surface area contributed by atoms with E-state index in [9.17, 15) is 18.0 Å². The Morgan fingerprint density at radius 1 is 1.23 bits per heavy atom. The maximum absolute atomic E-state index is 12.3. The second kappa shape index (κ2) is 9.89. The molecule has 3 heterocycles. The van der Waals surface area contributed by atoms with Gasteiger partial charge in [-0.15, -0.1) is 0 Å². The molecule has 11 nitrogen and oxygen atoms in total. The molecule has 1 aromatic carbocycles. The highest BCUT2D eigenvalue weighted by molar-refractivity contribution is 6.34. The van der Waals surface area contributed by atoms with E-state index in [1.54, 1.807) is 24.7 Å². The van der Waals surface area contributed by atoms with E-state index in [1.807, 2.05) is 6.92 Å². The maximum atomic E-state index is 12.3. The number of carbonyl (C=O) groups is 2. The Hall–Kier alpha value is -4.33. The van der Waals surface area contributed by atoms with Crippen LogP contribution in [0, 0.1) is 0 Å². The first-order chi connectivity index (χ1) is 16.5. The molecule has 0 atom stereocenters. The number of carboxylic acid groups (broad SMARTS) is 1. The molecule has 0 aliphatic heterocycles. The zero-order valence-electron chi connectivity index (χ0n) is 17.8. The molecular weight excluding hydrogens is 495 g/mol. The number of fused-ring (bicyclic) bond motifs is 1. The van der Waals surface area contributed by atoms with Gasteiger partial charge in [0, 0.05) is 41.3 Å². The summed E-state index contributed by atoms with van der Waals surface area (Å²) < 4.78 is 37.2. The number of carboxylic acids is 1. The number of hydrogen-bond donors (Lipinski definition) is 5. The van der Waals surface area contributed by atoms with Crippen molar-refractivity contribution >= 4 is 46.0 Å². The minimum atomic E-state index is -5.08. The number of nitrogens with zero attached hydrogens (tertiary/aromatic N) is 3. The Morgan fingerprint density at radius 2 is 1.91 bits per heavy atom. The zero-order chi connectivity index (χ0) is 25.9. The fourth-order valence-corrected chi connectivity index (χ4v) is 3.26. The number of carbonyl (C=O) groups excluding carboxylic acids is 1. The van der Waals surface area contributed by atoms with Crippen LogP contribution in [0.1, 0.15) is 17.3 Å². The number of alkyl halides is 3. The van der Waals surface area contributed by atoms with Crippen LogP contribution in [0.4, 0.5) is 24.7 Å². The van der Waals surface area contributed by atoms with E-state index in [-0.39, 0.29) is 17.4 Å². The molecule has 0 unspecified atom stereocenters. The number of aliphatic carboxylic acids is 1. The van der Waals surface area contributed by atoms with E-state index in [1.165, 1.54) is 6.07 Å². The van der Waals surface area contributed by atoms with E-state index < -0.39 is 12.1 Å². The van der Waals surface area contributed by atoms with Crippen molar-refractivity contribution < 1.29 is 32.4 Å². The number of pyridine rings is 1. The predicted molar refractivity (Wildman–Crippen MR) is 120 cm³/mol. The molecule has 0 radical (unpaired) electrons. The van der Waals surface area contributed by atoms with Gasteiger partial charge in [0.05, 0.1) is 27.9 Å². The van der Waals surface area contributed by atoms with E-state index >= 15 is 0 Å². The van der Waals surface area contributed by atoms with Gasteiger partial charge in [0.25, 0.3) is 5.91 Å². The van der Waals surface area contributed by atoms with E-state index in [0.29, 0.717) is 44.9 Å². The normalized spacial score (nSPS) is 11.1. The monoisotopic (exact) mass is 511 g/mol. The molecule has 35 heavy (non-hydrogen) atoms. The van der Waals surface area contributed by atoms with E-state index in [4.69, 9.17) is 37.5 Å². The summed E-state index contributed by atoms with van der Waals surface area (Å²) in [4.78, 5) is 25.8. The number of aromatic nitrogens is 4. The van der Waals surface area contributed by atoms with Crippen LogP contribution in [0.5, 0.6) is 0 Å². The lowest BCUT2D eigenvalue weighted by Crippen LogP contribution is -2.23. The number of rotatable bonds is 4. The molecule has 0 saturated carbocycles. The smallest absolute Gasteiger partial charge is 0.475 e. The van der Waals surface area contributed by atoms with Crippen LogP contribution in [-0.4, -0.2) is 50.0 Å². The summed E-state index contributed by atoms with van der Waals surface area (Å²) in [6.07, 6.45) is -0.123. The predicted octanol–water partition coefficient (Wildman–Crippen LogP) is 3.48. The molecule has 0 spiro atoms. The first-order valence-electron chi connectivity index (χ1n) is 9.66. The van der Waals surface area contributed by atoms with Crippen LogP contribution in [0.2, 0.25) is 5.02 Å². The minimum absolute atomic E-state index is 0.162. The molecule has 4 rings (SSSR count). The molecule has 0 fully saturated rings. The fraction of sp³-hybridized carbons (Fsp3) is 0.150. The Labute approximate surface area is 199 Å². The van der Waals surface area contributed by atoms with Crippen molar-refractivity contribution in [3.63, 3.8) is 0 Å². The molecule has 0 aliphatic rings. The summed E-state index contributed by atoms with van der Waals surface area (Å²) in [7, 11) is 0. The first-order valence-corrected chi connectivity index (χ1v) is 10.0. The van der Waals surface area contributed by atoms with Crippen molar-refractivity contribution in [3.05, 3.63) is 41.3 Å². The third kappa shape index (κ3) is 5.27. The molecule has 0 saturated heterocycles. The third-order valence-corrected chi connectivity index (χ3v) is 4.86. The Morgan fingerprint density at radius 3 is 2.49 bits per heavy atom. The molecule has 15 heteroatoms. The summed E-state index contributed by atoms with van der Waals surface area (Å²) in [5.74, 6) is -2.90. The summed E-state index contributed by atoms with van der Waals surface area (Å²) in [6, 6.07) is 3.11. The fourth-order valence-electron chi connectivity index (χ4n) is 3.00. The molecular formula is C20H17ClF3N7O4. The zero-order valence-corrected chi connectivity index (χ0v) is 18.5. The van der Waals surface area contributed by atoms with Gasteiger partial charge in [-0.2, -0.15) is 18.3 Å². The second-order valence-electron chi connectivity index (χ2n) is 6.86. The van der Waals surface area contributed by atoms with Crippen molar-refractivity contribution in [2.24, 2.45) is 0 Å². The number of nitrogens with one attached hydrogen (secondary N) is 2. The van der Waals surface area contributed by atoms with Crippen LogP contribution in [0.3, 0.4) is 0 Å². The number of halogens is 4. The van der Waals surface area contributed by atoms with Gasteiger partial charge in [-0.3, -0.25) is 14.9 Å². The molecule has 184 valence electrons. The second-order valence-corrected chi connectivity index (χ2v) is 7.27. The number of amides is 1. The lowest BCUT2D eigenvalue weighted by molar-refractivity contribution is -0.192. The van der Waals surface area contributed by atoms with Gasteiger partial charge < -0.3 is 26.4 Å². The Bertz CT molecular complexity index is 1390. The molecule has 4 aromatic rings. The lowest BCUT2D eigenvalue weighted by Gasteiger charge is -2.12. The summed E-state index contributed by atoms with van der Waals surface area (Å²) >= 11 is 6.42. The van der Waals surface area contributed by atoms with Gasteiger partial charge in [0.15, 0.2) is 11.4 Å². The topological polar surface area (TPSA) is 186 Å². The van der Waals surface area contributed by atoms with Crippen molar-refractivity contribution in [1.29, 1.82) is 0 Å². The van der Waals surface area contributed by atoms with Crippen molar-refractivity contribution in [2.75, 3.05) is 18.0 Å². The van der Waals surface area contributed by atoms with Gasteiger partial charge >= 0.3 is 12.1 Å². The minimum Gasteiger partial charge on any atom is -0.475 e. The van der Waals surface area contributed by atoms with Gasteiger partial charge in [0.2, 0.25) is 0 Å². The number of aromatic amines is 1. The quantitative estimate of drug-likeness (QED) is 0.256. The third-order valence-electron chi connectivity index (χ3n) is 4.55. The highest BCUT2D eigenvalue weighted by Crippen LogP contribution is 2.40. The average Bonchev–Trinajstić information content (AvgIpc) is 3.44. The van der Waals surface area contributed by atoms with Gasteiger partial charge in [-0.25, -0.2) is 4.79 Å². The number of H-pyrrole nitrogens is 1. The van der Waals surface area contributed by atoms with Crippen LogP contribution < -0.4 is 16.8 Å². The number of hydrogen-bond acceptors (Lipinski definition) is 8. The SMILES string of the molecule is CCNC(=O)c1cc(-c2ncc(-c3cn[nH]c3)c3onc(N)c23)c(Cl)cc1N.O=C(O)C(F)(F)F. The highest BCUT2D eigenvalue weighted by Gasteiger charge is 2.38. The van der Waals surface area contributed by atoms with E-state index in [2.05, 4.69) is 25.7 Å². The molecule has 3 aromatic heterocycles. The Balaban J connectivity index is 0.000000429. The number of nitrogens with two attached hydrogens (primary N) is 2. The standard InChI is InChI=1S/C18H16ClN7O2.C2HF3O2/c1-2-22-18(27)10-3-9(12(19)4-13(10)20)15-14-16(28-26-17(14)21)11(7-23-15)8-5-24-25-6-8;3-2(4,5)1(6)7/h3-7H,2,20H2,1H3,(H2,21,26)(H,22,27)(H,24,25);(H,6,7). The lowest BCUT2D eigenvalue weighted by atomic mass is 10.0. The van der Waals surface area contributed by atoms with E-state index in [0.717, 1.165) is 5.56 Å². The molecule has 0 bridgehead atoms. The summed E-state index contributed by atoms with van der Waals surface area (Å²) in [6.45, 7) is 2.29. The molecule has 1 amide bonds. The van der Waals surface area contributed by atoms with Gasteiger partial charge in [0.1, 0.15) is 0 Å². The maximum Gasteiger partial charge on any atom is 0.490 e. The van der Waals surface area contributed by atoms with Gasteiger partial charge in [-0.1, -0.05) is 16.8 Å². The van der Waals surface area contributed by atoms with Crippen LogP contribution >= 0.6 is 11.6 Å². The van der Waals surface area contributed by atoms with Crippen LogP contribution in [0.15, 0.2) is 35.2 Å². The summed E-state index contributed by atoms with van der Waals surface area (Å²) in [5, 5.41) is 21.2. The van der Waals surface area contributed by atoms with Gasteiger partial charge in [-0.05, 0) is 19.1 Å². The molecule has 0 aliphatic carbocycles. The highest BCUT2D eigenvalue weighted by atomic mass is 35.5. The largest absolute Gasteiger partial charge is 0.490 e. The van der Waals surface area contributed by atoms with Crippen molar-refractivity contribution in [1.82, 2.24) is 25.7 Å². The number of benzene rings is 1. The molecule has 7 N–H and O–H groups in total. The van der Waals surface area contributed by atoms with Crippen molar-refractivity contribution in [3.8, 4) is 22.4 Å². The van der Waals surface area contributed by atoms with Crippen molar-refractivity contribution in [2.45, 2.75) is 13.1 Å². The van der Waals surface area contributed by atoms with Crippen LogP contribution in [-0.2, 0) is 4.79 Å².